The number of hydrogen-bond donors (Lipinski definition) is 1. The highest BCUT2D eigenvalue weighted by Crippen LogP contribution is 2.30. The van der Waals surface area contributed by atoms with E-state index in [1.165, 1.54) is 38.8 Å². The topological polar surface area (TPSA) is 29.3 Å². The second-order valence-electron chi connectivity index (χ2n) is 6.00. The zero-order chi connectivity index (χ0) is 10.8. The van der Waals surface area contributed by atoms with Gasteiger partial charge in [0.05, 0.1) is 0 Å². The van der Waals surface area contributed by atoms with Gasteiger partial charge in [-0.3, -0.25) is 0 Å². The smallest absolute Gasteiger partial charge is 0.0206 e. The van der Waals surface area contributed by atoms with Gasteiger partial charge in [0.25, 0.3) is 0 Å². The van der Waals surface area contributed by atoms with Crippen LogP contribution in [0.1, 0.15) is 39.5 Å². The Balaban J connectivity index is 0.00000128. The maximum atomic E-state index is 6.06. The van der Waals surface area contributed by atoms with Gasteiger partial charge in [0.2, 0.25) is 0 Å². The lowest BCUT2D eigenvalue weighted by atomic mass is 9.82. The monoisotopic (exact) mass is 246 g/mol. The third-order valence-electron chi connectivity index (χ3n) is 4.31. The summed E-state index contributed by atoms with van der Waals surface area (Å²) in [7, 11) is 0. The fourth-order valence-electron chi connectivity index (χ4n) is 3.34. The second-order valence-corrected chi connectivity index (χ2v) is 6.00. The number of nitrogens with zero attached hydrogens (tertiary/aromatic N) is 1. The molecule has 0 aromatic rings. The highest BCUT2D eigenvalue weighted by Gasteiger charge is 2.29. The van der Waals surface area contributed by atoms with Gasteiger partial charge in [-0.25, -0.2) is 0 Å². The van der Waals surface area contributed by atoms with Crippen LogP contribution in [0.15, 0.2) is 0 Å². The average Bonchev–Trinajstić information content (AvgIpc) is 2.45. The van der Waals surface area contributed by atoms with Gasteiger partial charge in [-0.15, -0.1) is 12.4 Å². The molecular weight excluding hydrogens is 220 g/mol. The maximum Gasteiger partial charge on any atom is 0.0206 e. The Morgan fingerprint density at radius 3 is 2.50 bits per heavy atom. The van der Waals surface area contributed by atoms with Crippen LogP contribution >= 0.6 is 12.4 Å². The molecule has 0 spiro atoms. The predicted octanol–water partition coefficient (Wildman–Crippen LogP) is 2.51. The van der Waals surface area contributed by atoms with Gasteiger partial charge in [-0.2, -0.15) is 0 Å². The lowest BCUT2D eigenvalue weighted by Gasteiger charge is -2.30. The number of halogens is 1. The Morgan fingerprint density at radius 1 is 1.19 bits per heavy atom. The van der Waals surface area contributed by atoms with E-state index >= 15 is 0 Å². The standard InChI is InChI=1S/C13H26N2.ClH/c1-10-4-3-5-12(6-10)8-15-7-11(2)13(14)9-15;/h10-13H,3-9,14H2,1-2H3;1H. The molecule has 0 aromatic carbocycles. The van der Waals surface area contributed by atoms with E-state index in [0.717, 1.165) is 18.4 Å². The van der Waals surface area contributed by atoms with Crippen molar-refractivity contribution in [3.05, 3.63) is 0 Å². The van der Waals surface area contributed by atoms with Crippen molar-refractivity contribution in [3.8, 4) is 0 Å². The lowest BCUT2D eigenvalue weighted by Crippen LogP contribution is -2.32. The zero-order valence-corrected chi connectivity index (χ0v) is 11.5. The highest BCUT2D eigenvalue weighted by atomic mass is 35.5. The first-order valence-corrected chi connectivity index (χ1v) is 6.63. The van der Waals surface area contributed by atoms with Crippen LogP contribution in [-0.4, -0.2) is 30.6 Å². The fourth-order valence-corrected chi connectivity index (χ4v) is 3.34. The Hall–Kier alpha value is 0.210. The summed E-state index contributed by atoms with van der Waals surface area (Å²) >= 11 is 0. The Kier molecular flexibility index (Phi) is 5.55. The molecule has 0 radical (unpaired) electrons. The van der Waals surface area contributed by atoms with Crippen LogP contribution in [0.5, 0.6) is 0 Å². The normalized spacial score (nSPS) is 40.7. The fraction of sp³-hybridized carbons (Fsp3) is 1.00. The summed E-state index contributed by atoms with van der Waals surface area (Å²) in [5.41, 5.74) is 6.06. The summed E-state index contributed by atoms with van der Waals surface area (Å²) in [6, 6.07) is 0.422. The third kappa shape index (κ3) is 3.61. The Labute approximate surface area is 106 Å². The Morgan fingerprint density at radius 2 is 1.94 bits per heavy atom. The van der Waals surface area contributed by atoms with Gasteiger partial charge in [0.15, 0.2) is 0 Å². The molecule has 0 amide bonds. The molecule has 0 aromatic heterocycles. The predicted molar refractivity (Wildman–Crippen MR) is 71.9 cm³/mol. The summed E-state index contributed by atoms with van der Waals surface area (Å²) in [5, 5.41) is 0. The van der Waals surface area contributed by atoms with Gasteiger partial charge >= 0.3 is 0 Å². The molecule has 16 heavy (non-hydrogen) atoms. The van der Waals surface area contributed by atoms with Gasteiger partial charge < -0.3 is 10.6 Å². The molecule has 2 fully saturated rings. The zero-order valence-electron chi connectivity index (χ0n) is 10.7. The van der Waals surface area contributed by atoms with E-state index in [1.54, 1.807) is 0 Å². The van der Waals surface area contributed by atoms with Gasteiger partial charge in [-0.1, -0.05) is 26.7 Å². The number of nitrogens with two attached hydrogens (primary N) is 1. The SMILES string of the molecule is CC1CCCC(CN2CC(C)C(N)C2)C1.Cl. The van der Waals surface area contributed by atoms with Crippen LogP contribution < -0.4 is 5.73 Å². The van der Waals surface area contributed by atoms with Crippen molar-refractivity contribution < 1.29 is 0 Å². The lowest BCUT2D eigenvalue weighted by molar-refractivity contribution is 0.200. The van der Waals surface area contributed by atoms with Crippen molar-refractivity contribution in [2.75, 3.05) is 19.6 Å². The summed E-state index contributed by atoms with van der Waals surface area (Å²) < 4.78 is 0. The molecule has 2 aliphatic rings. The van der Waals surface area contributed by atoms with Crippen molar-refractivity contribution in [1.82, 2.24) is 4.90 Å². The van der Waals surface area contributed by atoms with Crippen LogP contribution in [0.3, 0.4) is 0 Å². The van der Waals surface area contributed by atoms with E-state index in [1.807, 2.05) is 0 Å². The maximum absolute atomic E-state index is 6.06. The quantitative estimate of drug-likeness (QED) is 0.811. The minimum atomic E-state index is 0. The summed E-state index contributed by atoms with van der Waals surface area (Å²) in [6.07, 6.45) is 5.79. The molecule has 1 aliphatic carbocycles. The van der Waals surface area contributed by atoms with Crippen LogP contribution in [0.4, 0.5) is 0 Å². The van der Waals surface area contributed by atoms with E-state index < -0.39 is 0 Å². The first kappa shape index (κ1) is 14.3. The van der Waals surface area contributed by atoms with Crippen molar-refractivity contribution >= 4 is 12.4 Å². The van der Waals surface area contributed by atoms with Crippen LogP contribution in [0.25, 0.3) is 0 Å². The molecule has 1 aliphatic heterocycles. The molecular formula is C13H27ClN2. The molecule has 1 saturated heterocycles. The Bertz CT molecular complexity index is 197. The summed E-state index contributed by atoms with van der Waals surface area (Å²) in [4.78, 5) is 2.60. The first-order chi connectivity index (χ1) is 7.15. The van der Waals surface area contributed by atoms with Crippen LogP contribution in [-0.2, 0) is 0 Å². The number of rotatable bonds is 2. The number of likely N-dealkylation sites (tertiary alicyclic amines) is 1. The largest absolute Gasteiger partial charge is 0.326 e. The van der Waals surface area contributed by atoms with E-state index in [0.29, 0.717) is 12.0 Å². The third-order valence-corrected chi connectivity index (χ3v) is 4.31. The molecule has 0 bridgehead atoms. The van der Waals surface area contributed by atoms with E-state index in [9.17, 15) is 0 Å². The summed E-state index contributed by atoms with van der Waals surface area (Å²) in [6.45, 7) is 8.36. The van der Waals surface area contributed by atoms with Gasteiger partial charge in [-0.05, 0) is 30.6 Å². The van der Waals surface area contributed by atoms with Crippen LogP contribution in [0, 0.1) is 17.8 Å². The second kappa shape index (κ2) is 6.23. The van der Waals surface area contributed by atoms with Crippen molar-refractivity contribution in [1.29, 1.82) is 0 Å². The molecule has 2 rings (SSSR count). The highest BCUT2D eigenvalue weighted by molar-refractivity contribution is 5.85. The number of hydrogen-bond acceptors (Lipinski definition) is 2. The molecule has 1 saturated carbocycles. The molecule has 2 N–H and O–H groups in total. The van der Waals surface area contributed by atoms with Crippen molar-refractivity contribution in [2.45, 2.75) is 45.6 Å². The van der Waals surface area contributed by atoms with Crippen LogP contribution in [0.2, 0.25) is 0 Å². The van der Waals surface area contributed by atoms with E-state index in [4.69, 9.17) is 5.73 Å². The van der Waals surface area contributed by atoms with Crippen molar-refractivity contribution in [2.24, 2.45) is 23.5 Å². The molecule has 3 heteroatoms. The average molecular weight is 247 g/mol. The van der Waals surface area contributed by atoms with E-state index in [-0.39, 0.29) is 12.4 Å². The molecule has 4 atom stereocenters. The minimum absolute atomic E-state index is 0. The minimum Gasteiger partial charge on any atom is -0.326 e. The van der Waals surface area contributed by atoms with Gasteiger partial charge in [0.1, 0.15) is 0 Å². The van der Waals surface area contributed by atoms with E-state index in [2.05, 4.69) is 18.7 Å². The summed E-state index contributed by atoms with van der Waals surface area (Å²) in [5.74, 6) is 2.61. The molecule has 2 nitrogen and oxygen atoms in total. The molecule has 96 valence electrons. The molecule has 4 unspecified atom stereocenters. The van der Waals surface area contributed by atoms with Gasteiger partial charge in [0, 0.05) is 25.7 Å². The first-order valence-electron chi connectivity index (χ1n) is 6.63. The molecule has 1 heterocycles. The van der Waals surface area contributed by atoms with Crippen molar-refractivity contribution in [3.63, 3.8) is 0 Å².